The number of amides is 2. The molecule has 8 heteroatoms. The van der Waals surface area contributed by atoms with Crippen LogP contribution in [-0.2, 0) is 9.47 Å². The molecule has 0 saturated carbocycles. The molecule has 6 atom stereocenters. The first-order chi connectivity index (χ1) is 14.9. The smallest absolute Gasteiger partial charge is 0.407 e. The van der Waals surface area contributed by atoms with E-state index in [4.69, 9.17) is 9.47 Å². The van der Waals surface area contributed by atoms with E-state index in [1.807, 2.05) is 41.5 Å². The average Bonchev–Trinajstić information content (AvgIpc) is 3.22. The second-order valence-electron chi connectivity index (χ2n) is 11.8. The lowest BCUT2D eigenvalue weighted by Crippen LogP contribution is -2.53. The SMILES string of the molecule is CC(C)(C)OC(=O)N[C@@H]1CC[C@H]2CC[C@@H]1N2.CC(C)(C)OC(=O)N[C@H]1CC[C@@H]2CC[C@H]1N2. The summed E-state index contributed by atoms with van der Waals surface area (Å²) < 4.78 is 10.5. The summed E-state index contributed by atoms with van der Waals surface area (Å²) in [5.41, 5.74) is -0.825. The average molecular weight is 453 g/mol. The molecule has 4 bridgehead atoms. The number of rotatable bonds is 2. The molecule has 0 radical (unpaired) electrons. The third kappa shape index (κ3) is 7.80. The maximum Gasteiger partial charge on any atom is 0.407 e. The highest BCUT2D eigenvalue weighted by molar-refractivity contribution is 5.68. The lowest BCUT2D eigenvalue weighted by molar-refractivity contribution is 0.0472. The summed E-state index contributed by atoms with van der Waals surface area (Å²) in [4.78, 5) is 23.3. The Hall–Kier alpha value is -1.54. The number of ether oxygens (including phenoxy) is 2. The second kappa shape index (κ2) is 10.2. The van der Waals surface area contributed by atoms with Crippen molar-refractivity contribution in [1.29, 1.82) is 0 Å². The third-order valence-corrected chi connectivity index (χ3v) is 6.58. The number of hydrogen-bond acceptors (Lipinski definition) is 6. The van der Waals surface area contributed by atoms with Crippen LogP contribution in [0.4, 0.5) is 9.59 Å². The van der Waals surface area contributed by atoms with Crippen LogP contribution in [0.3, 0.4) is 0 Å². The number of fused-ring (bicyclic) bond motifs is 4. The van der Waals surface area contributed by atoms with E-state index >= 15 is 0 Å². The molecule has 0 aliphatic carbocycles. The molecule has 4 fully saturated rings. The number of hydrogen-bond donors (Lipinski definition) is 4. The van der Waals surface area contributed by atoms with Gasteiger partial charge in [0.2, 0.25) is 0 Å². The Morgan fingerprint density at radius 1 is 0.625 bits per heavy atom. The first kappa shape index (κ1) is 25.1. The van der Waals surface area contributed by atoms with Gasteiger partial charge in [-0.25, -0.2) is 9.59 Å². The Morgan fingerprint density at radius 2 is 0.969 bits per heavy atom. The normalized spacial score (nSPS) is 33.6. The minimum Gasteiger partial charge on any atom is -0.444 e. The summed E-state index contributed by atoms with van der Waals surface area (Å²) >= 11 is 0. The van der Waals surface area contributed by atoms with Crippen LogP contribution in [0.25, 0.3) is 0 Å². The molecule has 4 aliphatic heterocycles. The van der Waals surface area contributed by atoms with Gasteiger partial charge in [-0.1, -0.05) is 0 Å². The second-order valence-corrected chi connectivity index (χ2v) is 11.8. The fourth-order valence-electron chi connectivity index (χ4n) is 5.22. The van der Waals surface area contributed by atoms with Crippen molar-refractivity contribution in [3.05, 3.63) is 0 Å². The van der Waals surface area contributed by atoms with Crippen molar-refractivity contribution in [3.8, 4) is 0 Å². The third-order valence-electron chi connectivity index (χ3n) is 6.58. The van der Waals surface area contributed by atoms with Crippen LogP contribution in [0.15, 0.2) is 0 Å². The van der Waals surface area contributed by atoms with E-state index in [2.05, 4.69) is 21.3 Å². The molecule has 4 saturated heterocycles. The largest absolute Gasteiger partial charge is 0.444 e. The highest BCUT2D eigenvalue weighted by Gasteiger charge is 2.37. The first-order valence-electron chi connectivity index (χ1n) is 12.4. The molecule has 0 aromatic heterocycles. The van der Waals surface area contributed by atoms with Crippen molar-refractivity contribution in [2.24, 2.45) is 0 Å². The van der Waals surface area contributed by atoms with E-state index in [1.54, 1.807) is 0 Å². The Labute approximate surface area is 193 Å². The number of alkyl carbamates (subject to hydrolysis) is 2. The summed E-state index contributed by atoms with van der Waals surface area (Å²) in [6.07, 6.45) is 8.73. The minimum absolute atomic E-state index is 0.244. The summed E-state index contributed by atoms with van der Waals surface area (Å²) in [7, 11) is 0. The molecule has 0 aromatic carbocycles. The minimum atomic E-state index is -0.412. The maximum absolute atomic E-state index is 11.6. The van der Waals surface area contributed by atoms with Crippen molar-refractivity contribution in [2.45, 2.75) is 140 Å². The molecule has 32 heavy (non-hydrogen) atoms. The molecule has 2 amide bonds. The summed E-state index contributed by atoms with van der Waals surface area (Å²) in [6, 6.07) is 2.75. The van der Waals surface area contributed by atoms with Gasteiger partial charge < -0.3 is 30.7 Å². The van der Waals surface area contributed by atoms with E-state index in [9.17, 15) is 9.59 Å². The van der Waals surface area contributed by atoms with E-state index in [0.717, 1.165) is 25.7 Å². The zero-order valence-electron chi connectivity index (χ0n) is 20.8. The van der Waals surface area contributed by atoms with Crippen LogP contribution in [0.5, 0.6) is 0 Å². The molecule has 4 heterocycles. The molecule has 184 valence electrons. The van der Waals surface area contributed by atoms with Crippen LogP contribution in [0, 0.1) is 0 Å². The van der Waals surface area contributed by atoms with Gasteiger partial charge in [0.15, 0.2) is 0 Å². The highest BCUT2D eigenvalue weighted by Crippen LogP contribution is 2.28. The quantitative estimate of drug-likeness (QED) is 0.511. The molecular weight excluding hydrogens is 408 g/mol. The van der Waals surface area contributed by atoms with Gasteiger partial charge in [-0.2, -0.15) is 0 Å². The number of piperidine rings is 2. The van der Waals surface area contributed by atoms with Gasteiger partial charge in [-0.05, 0) is 92.9 Å². The van der Waals surface area contributed by atoms with Crippen molar-refractivity contribution in [3.63, 3.8) is 0 Å². The van der Waals surface area contributed by atoms with Crippen LogP contribution in [0.1, 0.15) is 92.9 Å². The Bertz CT molecular complexity index is 601. The van der Waals surface area contributed by atoms with Crippen molar-refractivity contribution >= 4 is 12.2 Å². The zero-order valence-corrected chi connectivity index (χ0v) is 20.8. The maximum atomic E-state index is 11.6. The van der Waals surface area contributed by atoms with E-state index < -0.39 is 11.2 Å². The van der Waals surface area contributed by atoms with Gasteiger partial charge >= 0.3 is 12.2 Å². The summed E-state index contributed by atoms with van der Waals surface area (Å²) in [6.45, 7) is 11.3. The molecule has 0 aromatic rings. The van der Waals surface area contributed by atoms with Crippen molar-refractivity contribution < 1.29 is 19.1 Å². The van der Waals surface area contributed by atoms with E-state index in [-0.39, 0.29) is 24.3 Å². The van der Waals surface area contributed by atoms with Crippen LogP contribution < -0.4 is 21.3 Å². The highest BCUT2D eigenvalue weighted by atomic mass is 16.6. The van der Waals surface area contributed by atoms with Crippen LogP contribution >= 0.6 is 0 Å². The molecule has 0 unspecified atom stereocenters. The van der Waals surface area contributed by atoms with Crippen molar-refractivity contribution in [2.75, 3.05) is 0 Å². The van der Waals surface area contributed by atoms with Gasteiger partial charge in [0.05, 0.1) is 0 Å². The topological polar surface area (TPSA) is 101 Å². The van der Waals surface area contributed by atoms with Gasteiger partial charge in [-0.3, -0.25) is 0 Å². The van der Waals surface area contributed by atoms with Gasteiger partial charge in [-0.15, -0.1) is 0 Å². The lowest BCUT2D eigenvalue weighted by atomic mass is 10.0. The Morgan fingerprint density at radius 3 is 1.31 bits per heavy atom. The molecule has 8 nitrogen and oxygen atoms in total. The molecule has 4 N–H and O–H groups in total. The Balaban J connectivity index is 0.000000181. The number of carbonyl (C=O) groups is 2. The fraction of sp³-hybridized carbons (Fsp3) is 0.917. The standard InChI is InChI=1S/2C12H22N2O2/c2*1-12(2,3)16-11(15)14-10-7-5-8-4-6-9(10)13-8/h2*8-10,13H,4-7H2,1-3H3,(H,14,15)/t2*8-,9+,10-/m10/s1. The van der Waals surface area contributed by atoms with E-state index in [0.29, 0.717) is 24.2 Å². The van der Waals surface area contributed by atoms with Crippen LogP contribution in [-0.4, -0.2) is 59.6 Å². The molecular formula is C24H44N4O4. The fourth-order valence-corrected chi connectivity index (χ4v) is 5.22. The predicted molar refractivity (Wildman–Crippen MR) is 125 cm³/mol. The van der Waals surface area contributed by atoms with Gasteiger partial charge in [0.25, 0.3) is 0 Å². The molecule has 4 rings (SSSR count). The summed E-state index contributed by atoms with van der Waals surface area (Å²) in [5.74, 6) is 0. The van der Waals surface area contributed by atoms with Crippen molar-refractivity contribution in [1.82, 2.24) is 21.3 Å². The van der Waals surface area contributed by atoms with Gasteiger partial charge in [0.1, 0.15) is 11.2 Å². The zero-order chi connectivity index (χ0) is 23.5. The Kier molecular flexibility index (Phi) is 7.97. The van der Waals surface area contributed by atoms with E-state index in [1.165, 1.54) is 25.7 Å². The molecule has 0 spiro atoms. The molecule has 4 aliphatic rings. The number of nitrogens with one attached hydrogen (secondary N) is 4. The monoisotopic (exact) mass is 452 g/mol. The van der Waals surface area contributed by atoms with Gasteiger partial charge in [0, 0.05) is 36.3 Å². The first-order valence-corrected chi connectivity index (χ1v) is 12.4. The van der Waals surface area contributed by atoms with Crippen LogP contribution in [0.2, 0.25) is 0 Å². The summed E-state index contributed by atoms with van der Waals surface area (Å²) in [5, 5.41) is 13.0. The lowest BCUT2D eigenvalue weighted by Gasteiger charge is -2.31. The predicted octanol–water partition coefficient (Wildman–Crippen LogP) is 3.59. The number of carbonyl (C=O) groups excluding carboxylic acids is 2.